The number of aromatic nitrogens is 2. The average Bonchev–Trinajstić information content (AvgIpc) is 3.18. The Morgan fingerprint density at radius 2 is 1.81 bits per heavy atom. The van der Waals surface area contributed by atoms with E-state index in [1.165, 1.54) is 24.5 Å². The van der Waals surface area contributed by atoms with Gasteiger partial charge in [0.05, 0.1) is 33.8 Å². The van der Waals surface area contributed by atoms with Crippen molar-refractivity contribution in [1.82, 2.24) is 9.97 Å². The van der Waals surface area contributed by atoms with Crippen LogP contribution in [0.5, 0.6) is 0 Å². The highest BCUT2D eigenvalue weighted by molar-refractivity contribution is 7.90. The van der Waals surface area contributed by atoms with Gasteiger partial charge in [0.25, 0.3) is 5.91 Å². The van der Waals surface area contributed by atoms with E-state index in [4.69, 9.17) is 11.6 Å². The van der Waals surface area contributed by atoms with Gasteiger partial charge >= 0.3 is 0 Å². The van der Waals surface area contributed by atoms with E-state index >= 15 is 0 Å². The first-order valence-electron chi connectivity index (χ1n) is 9.94. The van der Waals surface area contributed by atoms with E-state index in [0.29, 0.717) is 11.1 Å². The van der Waals surface area contributed by atoms with Crippen molar-refractivity contribution in [3.8, 4) is 0 Å². The quantitative estimate of drug-likeness (QED) is 0.582. The van der Waals surface area contributed by atoms with Crippen LogP contribution in [0.2, 0.25) is 5.02 Å². The highest BCUT2D eigenvalue weighted by atomic mass is 35.5. The Morgan fingerprint density at radius 3 is 2.34 bits per heavy atom. The van der Waals surface area contributed by atoms with E-state index in [-0.39, 0.29) is 33.1 Å². The Bertz CT molecular complexity index is 1250. The molecule has 0 spiro atoms. The van der Waals surface area contributed by atoms with Crippen LogP contribution in [0.3, 0.4) is 0 Å². The van der Waals surface area contributed by atoms with E-state index < -0.39 is 25.6 Å². The molecule has 1 aromatic heterocycles. The van der Waals surface area contributed by atoms with Crippen LogP contribution in [-0.2, 0) is 30.2 Å². The van der Waals surface area contributed by atoms with E-state index in [1.54, 1.807) is 6.07 Å². The number of halogens is 1. The summed E-state index contributed by atoms with van der Waals surface area (Å²) >= 11 is 6.20. The fourth-order valence-corrected chi connectivity index (χ4v) is 5.59. The Hall–Kier alpha value is -2.30. The number of carbonyl (C=O) groups is 1. The zero-order valence-electron chi connectivity index (χ0n) is 17.7. The zero-order chi connectivity index (χ0) is 23.5. The molecule has 172 valence electrons. The van der Waals surface area contributed by atoms with Gasteiger partial charge in [-0.2, -0.15) is 0 Å². The molecule has 0 bridgehead atoms. The molecular formula is C21H24ClN3O5S2. The second kappa shape index (κ2) is 9.68. The lowest BCUT2D eigenvalue weighted by atomic mass is 9.98. The molecule has 1 aliphatic carbocycles. The van der Waals surface area contributed by atoms with Gasteiger partial charge in [-0.25, -0.2) is 21.8 Å². The third-order valence-electron chi connectivity index (χ3n) is 5.05. The smallest absolute Gasteiger partial charge is 0.257 e. The molecule has 8 nitrogen and oxygen atoms in total. The fourth-order valence-electron chi connectivity index (χ4n) is 3.58. The summed E-state index contributed by atoms with van der Waals surface area (Å²) in [5.74, 6) is -0.285. The lowest BCUT2D eigenvalue weighted by Crippen LogP contribution is -2.16. The van der Waals surface area contributed by atoms with Crippen LogP contribution in [0.15, 0.2) is 41.6 Å². The molecule has 0 saturated heterocycles. The van der Waals surface area contributed by atoms with Crippen LogP contribution in [0.25, 0.3) is 5.57 Å². The molecule has 0 aliphatic heterocycles. The topological polar surface area (TPSA) is 123 Å². The summed E-state index contributed by atoms with van der Waals surface area (Å²) in [6.07, 6.45) is 10.7. The fraction of sp³-hybridized carbons (Fsp3) is 0.381. The molecule has 1 heterocycles. The van der Waals surface area contributed by atoms with Crippen molar-refractivity contribution < 1.29 is 21.6 Å². The molecule has 0 unspecified atom stereocenters. The minimum Gasteiger partial charge on any atom is -0.305 e. The number of hydrogen-bond donors (Lipinski definition) is 1. The highest BCUT2D eigenvalue weighted by Gasteiger charge is 2.21. The molecule has 1 aliphatic rings. The minimum absolute atomic E-state index is 0.00382. The first-order chi connectivity index (χ1) is 14.9. The Balaban J connectivity index is 1.89. The van der Waals surface area contributed by atoms with Crippen molar-refractivity contribution in [2.45, 2.75) is 36.3 Å². The van der Waals surface area contributed by atoms with Gasteiger partial charge in [-0.15, -0.1) is 0 Å². The Kier molecular flexibility index (Phi) is 7.36. The number of nitrogens with zero attached hydrogens (tertiary/aromatic N) is 2. The van der Waals surface area contributed by atoms with Gasteiger partial charge in [-0.1, -0.05) is 36.6 Å². The largest absolute Gasteiger partial charge is 0.305 e. The molecule has 0 atom stereocenters. The molecule has 2 aromatic rings. The van der Waals surface area contributed by atoms with Gasteiger partial charge in [0.15, 0.2) is 25.5 Å². The molecule has 11 heteroatoms. The molecule has 1 amide bonds. The first kappa shape index (κ1) is 24.3. The number of amides is 1. The van der Waals surface area contributed by atoms with Crippen molar-refractivity contribution in [1.29, 1.82) is 0 Å². The van der Waals surface area contributed by atoms with Crippen molar-refractivity contribution >= 4 is 48.6 Å². The second-order valence-corrected chi connectivity index (χ2v) is 12.5. The monoisotopic (exact) mass is 497 g/mol. The number of allylic oxidation sites excluding steroid dienone is 1. The van der Waals surface area contributed by atoms with E-state index in [1.807, 2.05) is 6.08 Å². The maximum atomic E-state index is 13.1. The molecule has 3 rings (SSSR count). The van der Waals surface area contributed by atoms with Gasteiger partial charge < -0.3 is 5.32 Å². The SMILES string of the molecule is CS(=O)(=O)Cc1cnc(NC(=O)/C(=C/C2CCCC2)c2ccc(S(C)(=O)=O)c(Cl)c2)cn1. The van der Waals surface area contributed by atoms with Gasteiger partial charge in [0.2, 0.25) is 0 Å². The third-order valence-corrected chi connectivity index (χ3v) is 7.45. The summed E-state index contributed by atoms with van der Waals surface area (Å²) in [4.78, 5) is 21.2. The van der Waals surface area contributed by atoms with Crippen molar-refractivity contribution in [3.63, 3.8) is 0 Å². The third kappa shape index (κ3) is 6.60. The van der Waals surface area contributed by atoms with Gasteiger partial charge in [-0.05, 0) is 36.5 Å². The van der Waals surface area contributed by atoms with Crippen LogP contribution in [-0.4, -0.2) is 45.2 Å². The normalized spacial score (nSPS) is 15.7. The first-order valence-corrected chi connectivity index (χ1v) is 14.3. The predicted molar refractivity (Wildman–Crippen MR) is 124 cm³/mol. The van der Waals surface area contributed by atoms with Gasteiger partial charge in [0, 0.05) is 18.1 Å². The van der Waals surface area contributed by atoms with Crippen LogP contribution < -0.4 is 5.32 Å². The molecule has 1 aromatic carbocycles. The molecule has 1 N–H and O–H groups in total. The van der Waals surface area contributed by atoms with Crippen LogP contribution >= 0.6 is 11.6 Å². The van der Waals surface area contributed by atoms with E-state index in [2.05, 4.69) is 15.3 Å². The number of nitrogens with one attached hydrogen (secondary N) is 1. The van der Waals surface area contributed by atoms with Crippen molar-refractivity contribution in [2.24, 2.45) is 5.92 Å². The zero-order valence-corrected chi connectivity index (χ0v) is 20.1. The number of benzene rings is 1. The van der Waals surface area contributed by atoms with Gasteiger partial charge in [0.1, 0.15) is 0 Å². The van der Waals surface area contributed by atoms with Gasteiger partial charge in [-0.3, -0.25) is 9.78 Å². The Morgan fingerprint density at radius 1 is 1.12 bits per heavy atom. The number of sulfone groups is 2. The summed E-state index contributed by atoms with van der Waals surface area (Å²) in [5.41, 5.74) is 1.13. The summed E-state index contributed by atoms with van der Waals surface area (Å²) in [5, 5.41) is 2.72. The van der Waals surface area contributed by atoms with E-state index in [0.717, 1.165) is 38.2 Å². The van der Waals surface area contributed by atoms with Crippen molar-refractivity contribution in [2.75, 3.05) is 17.8 Å². The van der Waals surface area contributed by atoms with E-state index in [9.17, 15) is 21.6 Å². The summed E-state index contributed by atoms with van der Waals surface area (Å²) in [6.45, 7) is 0. The molecule has 1 saturated carbocycles. The number of anilines is 1. The second-order valence-electron chi connectivity index (χ2n) is 7.96. The number of rotatable bonds is 7. The molecular weight excluding hydrogens is 474 g/mol. The molecule has 32 heavy (non-hydrogen) atoms. The maximum Gasteiger partial charge on any atom is 0.257 e. The Labute approximate surface area is 193 Å². The maximum absolute atomic E-state index is 13.1. The lowest BCUT2D eigenvalue weighted by Gasteiger charge is -2.13. The standard InChI is InChI=1S/C21H24ClN3O5S2/c1-31(27,28)13-16-11-24-20(12-23-16)25-21(26)17(9-14-5-3-4-6-14)15-7-8-19(18(22)10-15)32(2,29)30/h7-12,14H,3-6,13H2,1-2H3,(H,24,25,26)/b17-9+. The highest BCUT2D eigenvalue weighted by Crippen LogP contribution is 2.32. The predicted octanol–water partition coefficient (Wildman–Crippen LogP) is 3.29. The lowest BCUT2D eigenvalue weighted by molar-refractivity contribution is -0.111. The van der Waals surface area contributed by atoms with Crippen LogP contribution in [0.1, 0.15) is 36.9 Å². The average molecular weight is 498 g/mol. The summed E-state index contributed by atoms with van der Waals surface area (Å²) in [6, 6.07) is 4.42. The number of hydrogen-bond acceptors (Lipinski definition) is 7. The molecule has 0 radical (unpaired) electrons. The molecule has 1 fully saturated rings. The summed E-state index contributed by atoms with van der Waals surface area (Å²) in [7, 11) is -6.75. The minimum atomic E-state index is -3.50. The van der Waals surface area contributed by atoms with Crippen molar-refractivity contribution in [3.05, 3.63) is 52.9 Å². The van der Waals surface area contributed by atoms with Crippen LogP contribution in [0.4, 0.5) is 5.82 Å². The number of carbonyl (C=O) groups excluding carboxylic acids is 1. The summed E-state index contributed by atoms with van der Waals surface area (Å²) < 4.78 is 46.5. The van der Waals surface area contributed by atoms with Crippen LogP contribution in [0, 0.1) is 5.92 Å².